The van der Waals surface area contributed by atoms with Gasteiger partial charge in [-0.25, -0.2) is 15.0 Å². The Kier molecular flexibility index (Phi) is 3.67. The molecule has 6 heteroatoms. The fourth-order valence-electron chi connectivity index (χ4n) is 4.10. The van der Waals surface area contributed by atoms with Crippen LogP contribution in [0.2, 0.25) is 0 Å². The monoisotopic (exact) mass is 386 g/mol. The quantitative estimate of drug-likeness (QED) is 0.313. The molecule has 3 aromatic heterocycles. The van der Waals surface area contributed by atoms with E-state index in [1.807, 2.05) is 36.5 Å². The predicted octanol–water partition coefficient (Wildman–Crippen LogP) is 4.85. The van der Waals surface area contributed by atoms with Gasteiger partial charge in [0.15, 0.2) is 5.82 Å². The van der Waals surface area contributed by atoms with Crippen LogP contribution in [0.15, 0.2) is 86.0 Å². The van der Waals surface area contributed by atoms with Crippen molar-refractivity contribution in [1.29, 1.82) is 0 Å². The molecule has 0 aliphatic heterocycles. The summed E-state index contributed by atoms with van der Waals surface area (Å²) in [5, 5.41) is 5.19. The van der Waals surface area contributed by atoms with Crippen molar-refractivity contribution in [1.82, 2.24) is 29.9 Å². The van der Waals surface area contributed by atoms with Crippen LogP contribution in [-0.4, -0.2) is 29.9 Å². The summed E-state index contributed by atoms with van der Waals surface area (Å²) in [4.78, 5) is 26.6. The summed E-state index contributed by atoms with van der Waals surface area (Å²) < 4.78 is 0. The van der Waals surface area contributed by atoms with Crippen LogP contribution in [0.4, 0.5) is 0 Å². The number of fused-ring (bicyclic) bond motifs is 4. The van der Waals surface area contributed by atoms with E-state index in [2.05, 4.69) is 43.1 Å². The Morgan fingerprint density at radius 1 is 0.533 bits per heavy atom. The molecule has 0 aliphatic rings. The molecule has 0 saturated heterocycles. The van der Waals surface area contributed by atoms with Gasteiger partial charge in [-0.05, 0) is 16.8 Å². The van der Waals surface area contributed by atoms with E-state index in [0.29, 0.717) is 5.82 Å². The predicted molar refractivity (Wildman–Crippen MR) is 117 cm³/mol. The molecule has 6 aromatic rings. The maximum Gasteiger partial charge on any atom is 0.163 e. The van der Waals surface area contributed by atoms with E-state index in [4.69, 9.17) is 4.98 Å². The zero-order chi connectivity index (χ0) is 19.9. The van der Waals surface area contributed by atoms with Gasteiger partial charge in [-0.2, -0.15) is 0 Å². The molecule has 140 valence electrons. The highest BCUT2D eigenvalue weighted by atomic mass is 15.0. The van der Waals surface area contributed by atoms with Crippen LogP contribution < -0.4 is 0 Å². The number of hydrogen-bond acceptors (Lipinski definition) is 6. The third kappa shape index (κ3) is 2.44. The zero-order valence-electron chi connectivity index (χ0n) is 15.8. The maximum absolute atomic E-state index is 4.73. The molecule has 0 fully saturated rings. The molecule has 3 aromatic carbocycles. The summed E-state index contributed by atoms with van der Waals surface area (Å²) in [7, 11) is 0. The molecule has 0 bridgehead atoms. The lowest BCUT2D eigenvalue weighted by atomic mass is 9.89. The molecule has 0 N–H and O–H groups in total. The second-order valence-electron chi connectivity index (χ2n) is 6.91. The van der Waals surface area contributed by atoms with E-state index in [9.17, 15) is 0 Å². The minimum atomic E-state index is 0.619. The van der Waals surface area contributed by atoms with Gasteiger partial charge in [0.1, 0.15) is 12.7 Å². The first-order chi connectivity index (χ1) is 14.9. The Hall–Kier alpha value is -4.32. The molecule has 6 nitrogen and oxygen atoms in total. The largest absolute Gasteiger partial charge is 0.261 e. The van der Waals surface area contributed by atoms with E-state index in [1.54, 1.807) is 18.6 Å². The summed E-state index contributed by atoms with van der Waals surface area (Å²) in [5.74, 6) is 0.619. The zero-order valence-corrected chi connectivity index (χ0v) is 15.8. The molecular formula is C24H14N6. The van der Waals surface area contributed by atoms with Gasteiger partial charge in [0.05, 0.1) is 17.4 Å². The second-order valence-corrected chi connectivity index (χ2v) is 6.91. The van der Waals surface area contributed by atoms with Crippen LogP contribution >= 0.6 is 0 Å². The SMILES string of the molecule is c1ccc2c(c1)ncc1c(-c3ncncn3)c3ccccc3c(-c3cnccn3)c12. The average Bonchev–Trinajstić information content (AvgIpc) is 2.83. The third-order valence-corrected chi connectivity index (χ3v) is 5.30. The van der Waals surface area contributed by atoms with Gasteiger partial charge in [-0.15, -0.1) is 0 Å². The van der Waals surface area contributed by atoms with Crippen molar-refractivity contribution in [3.8, 4) is 22.6 Å². The lowest BCUT2D eigenvalue weighted by Crippen LogP contribution is -1.97. The Balaban J connectivity index is 1.93. The Labute approximate surface area is 171 Å². The lowest BCUT2D eigenvalue weighted by molar-refractivity contribution is 1.06. The second kappa shape index (κ2) is 6.63. The molecule has 0 spiro atoms. The first kappa shape index (κ1) is 16.6. The van der Waals surface area contributed by atoms with Gasteiger partial charge in [-0.1, -0.05) is 42.5 Å². The summed E-state index contributed by atoms with van der Waals surface area (Å²) in [5.41, 5.74) is 3.71. The highest BCUT2D eigenvalue weighted by molar-refractivity contribution is 6.26. The smallest absolute Gasteiger partial charge is 0.163 e. The van der Waals surface area contributed by atoms with E-state index in [-0.39, 0.29) is 0 Å². The molecule has 0 saturated carbocycles. The summed E-state index contributed by atoms with van der Waals surface area (Å²) in [6, 6.07) is 16.4. The fraction of sp³-hybridized carbons (Fsp3) is 0. The Morgan fingerprint density at radius 2 is 1.27 bits per heavy atom. The molecule has 0 radical (unpaired) electrons. The summed E-state index contributed by atoms with van der Waals surface area (Å²) in [6.07, 6.45) is 10.2. The van der Waals surface area contributed by atoms with Crippen LogP contribution in [0.3, 0.4) is 0 Å². The standard InChI is InChI=1S/C24H14N6/c1-2-6-16-15(5-1)22(24-29-13-26-14-30-24)18-11-28-19-8-4-3-7-17(19)21(18)23(16)20-12-25-9-10-27-20/h1-14H. The maximum atomic E-state index is 4.73. The first-order valence-electron chi connectivity index (χ1n) is 9.53. The van der Waals surface area contributed by atoms with E-state index >= 15 is 0 Å². The average molecular weight is 386 g/mol. The van der Waals surface area contributed by atoms with Crippen LogP contribution in [0, 0.1) is 0 Å². The first-order valence-corrected chi connectivity index (χ1v) is 9.53. The molecular weight excluding hydrogens is 372 g/mol. The van der Waals surface area contributed by atoms with Crippen LogP contribution in [-0.2, 0) is 0 Å². The van der Waals surface area contributed by atoms with E-state index in [0.717, 1.165) is 49.3 Å². The van der Waals surface area contributed by atoms with Gasteiger partial charge in [0.2, 0.25) is 0 Å². The van der Waals surface area contributed by atoms with Crippen molar-refractivity contribution in [3.05, 3.63) is 86.0 Å². The number of hydrogen-bond donors (Lipinski definition) is 0. The minimum Gasteiger partial charge on any atom is -0.261 e. The molecule has 0 amide bonds. The van der Waals surface area contributed by atoms with Crippen molar-refractivity contribution in [2.45, 2.75) is 0 Å². The molecule has 30 heavy (non-hydrogen) atoms. The third-order valence-electron chi connectivity index (χ3n) is 5.30. The van der Waals surface area contributed by atoms with E-state index in [1.165, 1.54) is 12.7 Å². The Bertz CT molecular complexity index is 1530. The number of pyridine rings is 1. The minimum absolute atomic E-state index is 0.619. The van der Waals surface area contributed by atoms with Crippen molar-refractivity contribution in [3.63, 3.8) is 0 Å². The van der Waals surface area contributed by atoms with Gasteiger partial charge >= 0.3 is 0 Å². The number of rotatable bonds is 2. The fourth-order valence-corrected chi connectivity index (χ4v) is 4.10. The van der Waals surface area contributed by atoms with Gasteiger partial charge in [-0.3, -0.25) is 15.0 Å². The van der Waals surface area contributed by atoms with Crippen molar-refractivity contribution < 1.29 is 0 Å². The van der Waals surface area contributed by atoms with Crippen molar-refractivity contribution in [2.75, 3.05) is 0 Å². The van der Waals surface area contributed by atoms with Gasteiger partial charge in [0, 0.05) is 45.9 Å². The lowest BCUT2D eigenvalue weighted by Gasteiger charge is -2.17. The topological polar surface area (TPSA) is 77.3 Å². The number of aromatic nitrogens is 6. The normalized spacial score (nSPS) is 11.3. The number of benzene rings is 3. The highest BCUT2D eigenvalue weighted by Crippen LogP contribution is 2.43. The molecule has 0 unspecified atom stereocenters. The van der Waals surface area contributed by atoms with Gasteiger partial charge in [0.25, 0.3) is 0 Å². The van der Waals surface area contributed by atoms with E-state index < -0.39 is 0 Å². The van der Waals surface area contributed by atoms with Crippen LogP contribution in [0.5, 0.6) is 0 Å². The molecule has 6 rings (SSSR count). The number of para-hydroxylation sites is 1. The van der Waals surface area contributed by atoms with Crippen molar-refractivity contribution in [2.24, 2.45) is 0 Å². The summed E-state index contributed by atoms with van der Waals surface area (Å²) in [6.45, 7) is 0. The van der Waals surface area contributed by atoms with Gasteiger partial charge < -0.3 is 0 Å². The number of nitrogens with zero attached hydrogens (tertiary/aromatic N) is 6. The Morgan fingerprint density at radius 3 is 2.03 bits per heavy atom. The van der Waals surface area contributed by atoms with Crippen LogP contribution in [0.25, 0.3) is 55.1 Å². The molecule has 0 atom stereocenters. The highest BCUT2D eigenvalue weighted by Gasteiger charge is 2.20. The molecule has 0 aliphatic carbocycles. The summed E-state index contributed by atoms with van der Waals surface area (Å²) >= 11 is 0. The van der Waals surface area contributed by atoms with Crippen molar-refractivity contribution >= 4 is 32.4 Å². The van der Waals surface area contributed by atoms with Crippen LogP contribution in [0.1, 0.15) is 0 Å². The molecule has 3 heterocycles.